The zero-order valence-electron chi connectivity index (χ0n) is 10.5. The third kappa shape index (κ3) is 3.33. The Kier molecular flexibility index (Phi) is 3.87. The van der Waals surface area contributed by atoms with Gasteiger partial charge in [-0.25, -0.2) is 0 Å². The molecular weight excluding hydrogens is 262 g/mol. The number of rotatable bonds is 4. The van der Waals surface area contributed by atoms with Gasteiger partial charge >= 0.3 is 0 Å². The summed E-state index contributed by atoms with van der Waals surface area (Å²) < 4.78 is 31.9. The highest BCUT2D eigenvalue weighted by Crippen LogP contribution is 2.23. The Labute approximate surface area is 112 Å². The van der Waals surface area contributed by atoms with Gasteiger partial charge in [-0.1, -0.05) is 36.4 Å². The molecule has 0 amide bonds. The Hall–Kier alpha value is -1.85. The number of anilines is 1. The Bertz CT molecular complexity index is 666. The van der Waals surface area contributed by atoms with Crippen molar-refractivity contribution in [2.45, 2.75) is 11.3 Å². The summed E-state index contributed by atoms with van der Waals surface area (Å²) >= 11 is 0. The summed E-state index contributed by atoms with van der Waals surface area (Å²) in [7, 11) is -2.61. The topological polar surface area (TPSA) is 66.4 Å². The van der Waals surface area contributed by atoms with Crippen LogP contribution in [0, 0.1) is 0 Å². The molecule has 4 nitrogen and oxygen atoms in total. The number of nitrogens with one attached hydrogen (secondary N) is 1. The highest BCUT2D eigenvalue weighted by Gasteiger charge is 2.15. The minimum absolute atomic E-state index is 0.0940. The highest BCUT2D eigenvalue weighted by molar-refractivity contribution is 7.86. The van der Waals surface area contributed by atoms with Crippen LogP contribution in [0.2, 0.25) is 0 Å². The smallest absolute Gasteiger partial charge is 0.296 e. The predicted octanol–water partition coefficient (Wildman–Crippen LogP) is 2.57. The van der Waals surface area contributed by atoms with Crippen molar-refractivity contribution in [2.24, 2.45) is 0 Å². The molecule has 0 heterocycles. The Morgan fingerprint density at radius 3 is 2.32 bits per heavy atom. The summed E-state index contributed by atoms with van der Waals surface area (Å²) in [5.74, 6) is 0. The van der Waals surface area contributed by atoms with Crippen LogP contribution in [-0.2, 0) is 16.5 Å². The second-order valence-corrected chi connectivity index (χ2v) is 5.61. The van der Waals surface area contributed by atoms with Crippen molar-refractivity contribution in [1.82, 2.24) is 0 Å². The van der Waals surface area contributed by atoms with Crippen LogP contribution >= 0.6 is 0 Å². The summed E-state index contributed by atoms with van der Waals surface area (Å²) in [5, 5.41) is 2.75. The van der Waals surface area contributed by atoms with Gasteiger partial charge in [-0.05, 0) is 29.7 Å². The summed E-state index contributed by atoms with van der Waals surface area (Å²) in [5.41, 5.74) is 2.30. The van der Waals surface area contributed by atoms with Gasteiger partial charge in [0.15, 0.2) is 0 Å². The van der Waals surface area contributed by atoms with Gasteiger partial charge in [-0.2, -0.15) is 8.42 Å². The SMILES string of the molecule is CNc1ccc(Cc2ccccc2)cc1S(=O)(=O)O. The standard InChI is InChI=1S/C14H15NO3S/c1-15-13-8-7-12(10-14(13)19(16,17)18)9-11-5-3-2-4-6-11/h2-8,10,15H,9H2,1H3,(H,16,17,18). The molecule has 0 aromatic heterocycles. The molecule has 0 unspecified atom stereocenters. The molecule has 2 aromatic carbocycles. The lowest BCUT2D eigenvalue weighted by Gasteiger charge is -2.09. The summed E-state index contributed by atoms with van der Waals surface area (Å²) in [4.78, 5) is -0.0940. The third-order valence-corrected chi connectivity index (χ3v) is 3.74. The Balaban J connectivity index is 2.39. The van der Waals surface area contributed by atoms with E-state index in [0.29, 0.717) is 12.1 Å². The van der Waals surface area contributed by atoms with Crippen molar-refractivity contribution in [1.29, 1.82) is 0 Å². The third-order valence-electron chi connectivity index (χ3n) is 2.84. The van der Waals surface area contributed by atoms with Crippen LogP contribution in [0.3, 0.4) is 0 Å². The largest absolute Gasteiger partial charge is 0.387 e. The first-order valence-corrected chi connectivity index (χ1v) is 7.27. The molecule has 2 N–H and O–H groups in total. The molecule has 0 bridgehead atoms. The van der Waals surface area contributed by atoms with E-state index < -0.39 is 10.1 Å². The van der Waals surface area contributed by atoms with Crippen LogP contribution in [0.25, 0.3) is 0 Å². The predicted molar refractivity (Wildman–Crippen MR) is 75.1 cm³/mol. The van der Waals surface area contributed by atoms with Crippen molar-refractivity contribution in [2.75, 3.05) is 12.4 Å². The van der Waals surface area contributed by atoms with Gasteiger partial charge in [0, 0.05) is 7.05 Å². The first-order chi connectivity index (χ1) is 9.00. The maximum atomic E-state index is 11.3. The van der Waals surface area contributed by atoms with Crippen LogP contribution in [-0.4, -0.2) is 20.0 Å². The van der Waals surface area contributed by atoms with Crippen LogP contribution < -0.4 is 5.32 Å². The summed E-state index contributed by atoms with van der Waals surface area (Å²) in [6, 6.07) is 14.7. The highest BCUT2D eigenvalue weighted by atomic mass is 32.2. The van der Waals surface area contributed by atoms with Gasteiger partial charge in [-0.3, -0.25) is 4.55 Å². The van der Waals surface area contributed by atoms with E-state index in [1.54, 1.807) is 13.1 Å². The zero-order chi connectivity index (χ0) is 13.9. The van der Waals surface area contributed by atoms with E-state index in [0.717, 1.165) is 11.1 Å². The van der Waals surface area contributed by atoms with Gasteiger partial charge in [0.2, 0.25) is 0 Å². The molecule has 0 aliphatic carbocycles. The lowest BCUT2D eigenvalue weighted by Crippen LogP contribution is -2.04. The molecule has 0 atom stereocenters. The molecule has 5 heteroatoms. The summed E-state index contributed by atoms with van der Waals surface area (Å²) in [6.07, 6.45) is 0.618. The van der Waals surface area contributed by atoms with Crippen molar-refractivity contribution in [3.63, 3.8) is 0 Å². The fourth-order valence-electron chi connectivity index (χ4n) is 1.93. The summed E-state index contributed by atoms with van der Waals surface area (Å²) in [6.45, 7) is 0. The van der Waals surface area contributed by atoms with Gasteiger partial charge in [0.05, 0.1) is 5.69 Å². The van der Waals surface area contributed by atoms with Crippen molar-refractivity contribution >= 4 is 15.8 Å². The Morgan fingerprint density at radius 1 is 1.05 bits per heavy atom. The average Bonchev–Trinajstić information content (AvgIpc) is 2.39. The molecule has 0 saturated carbocycles. The lowest BCUT2D eigenvalue weighted by molar-refractivity contribution is 0.483. The molecular formula is C14H15NO3S. The molecule has 0 fully saturated rings. The molecule has 0 aliphatic heterocycles. The van der Waals surface area contributed by atoms with Crippen LogP contribution in [0.15, 0.2) is 53.4 Å². The second kappa shape index (κ2) is 5.42. The average molecular weight is 277 g/mol. The zero-order valence-corrected chi connectivity index (χ0v) is 11.3. The fourth-order valence-corrected chi connectivity index (χ4v) is 2.68. The first kappa shape index (κ1) is 13.6. The van der Waals surface area contributed by atoms with E-state index in [9.17, 15) is 13.0 Å². The Morgan fingerprint density at radius 2 is 1.74 bits per heavy atom. The first-order valence-electron chi connectivity index (χ1n) is 5.83. The minimum Gasteiger partial charge on any atom is -0.387 e. The van der Waals surface area contributed by atoms with Crippen molar-refractivity contribution in [3.05, 3.63) is 59.7 Å². The molecule has 0 radical (unpaired) electrons. The van der Waals surface area contributed by atoms with Gasteiger partial charge in [0.25, 0.3) is 10.1 Å². The van der Waals surface area contributed by atoms with E-state index in [1.165, 1.54) is 6.07 Å². The van der Waals surface area contributed by atoms with Crippen molar-refractivity contribution in [3.8, 4) is 0 Å². The fraction of sp³-hybridized carbons (Fsp3) is 0.143. The quantitative estimate of drug-likeness (QED) is 0.843. The number of hydrogen-bond donors (Lipinski definition) is 2. The van der Waals surface area contributed by atoms with Crippen LogP contribution in [0.4, 0.5) is 5.69 Å². The van der Waals surface area contributed by atoms with Crippen molar-refractivity contribution < 1.29 is 13.0 Å². The molecule has 0 aliphatic rings. The molecule has 2 aromatic rings. The van der Waals surface area contributed by atoms with Crippen LogP contribution in [0.5, 0.6) is 0 Å². The molecule has 2 rings (SSSR count). The van der Waals surface area contributed by atoms with E-state index in [2.05, 4.69) is 5.32 Å². The maximum absolute atomic E-state index is 11.3. The van der Waals surface area contributed by atoms with E-state index in [4.69, 9.17) is 0 Å². The molecule has 100 valence electrons. The van der Waals surface area contributed by atoms with E-state index in [1.807, 2.05) is 36.4 Å². The van der Waals surface area contributed by atoms with E-state index in [-0.39, 0.29) is 4.90 Å². The van der Waals surface area contributed by atoms with Gasteiger partial charge in [0.1, 0.15) is 4.90 Å². The number of hydrogen-bond acceptors (Lipinski definition) is 3. The van der Waals surface area contributed by atoms with Crippen LogP contribution in [0.1, 0.15) is 11.1 Å². The molecule has 19 heavy (non-hydrogen) atoms. The monoisotopic (exact) mass is 277 g/mol. The normalized spacial score (nSPS) is 11.3. The van der Waals surface area contributed by atoms with Gasteiger partial charge in [-0.15, -0.1) is 0 Å². The molecule has 0 spiro atoms. The maximum Gasteiger partial charge on any atom is 0.296 e. The molecule has 0 saturated heterocycles. The number of benzene rings is 2. The van der Waals surface area contributed by atoms with Gasteiger partial charge < -0.3 is 5.32 Å². The minimum atomic E-state index is -4.22. The van der Waals surface area contributed by atoms with E-state index >= 15 is 0 Å². The second-order valence-electron chi connectivity index (χ2n) is 4.22. The lowest BCUT2D eigenvalue weighted by atomic mass is 10.0.